The molecule has 0 spiro atoms. The van der Waals surface area contributed by atoms with Crippen LogP contribution in [-0.2, 0) is 0 Å². The number of H-pyrrole nitrogens is 1. The van der Waals surface area contributed by atoms with E-state index in [1.165, 1.54) is 0 Å². The van der Waals surface area contributed by atoms with Crippen LogP contribution in [-0.4, -0.2) is 10.2 Å². The number of rotatable bonds is 1. The lowest BCUT2D eigenvalue weighted by Gasteiger charge is -1.85. The molecule has 2 heterocycles. The van der Waals surface area contributed by atoms with Gasteiger partial charge in [-0.05, 0) is 18.2 Å². The Bertz CT molecular complexity index is 252. The van der Waals surface area contributed by atoms with Gasteiger partial charge in [0.25, 0.3) is 0 Å². The van der Waals surface area contributed by atoms with Crippen molar-refractivity contribution in [1.82, 2.24) is 10.2 Å². The van der Waals surface area contributed by atoms with Gasteiger partial charge in [-0.25, -0.2) is 0 Å². The maximum Gasteiger partial charge on any atom is 0.151 e. The number of hydrogen-bond donors (Lipinski definition) is 1. The van der Waals surface area contributed by atoms with Crippen molar-refractivity contribution in [2.75, 3.05) is 0 Å². The molecule has 12 heavy (non-hydrogen) atoms. The van der Waals surface area contributed by atoms with Gasteiger partial charge in [0.05, 0.1) is 6.26 Å². The summed E-state index contributed by atoms with van der Waals surface area (Å²) in [5.74, 6) is 0.817. The van der Waals surface area contributed by atoms with E-state index in [1.54, 1.807) is 12.5 Å². The lowest BCUT2D eigenvalue weighted by Crippen LogP contribution is -1.70. The monoisotopic (exact) mass is 164 g/mol. The summed E-state index contributed by atoms with van der Waals surface area (Å²) in [5, 5.41) is 6.59. The van der Waals surface area contributed by atoms with Crippen molar-refractivity contribution >= 4 is 0 Å². The third-order valence-corrected chi connectivity index (χ3v) is 1.29. The highest BCUT2D eigenvalue weighted by Crippen LogP contribution is 2.14. The van der Waals surface area contributed by atoms with E-state index in [9.17, 15) is 0 Å². The number of hydrogen-bond acceptors (Lipinski definition) is 2. The van der Waals surface area contributed by atoms with Gasteiger partial charge in [0.2, 0.25) is 0 Å². The van der Waals surface area contributed by atoms with E-state index in [4.69, 9.17) is 4.42 Å². The maximum atomic E-state index is 5.11. The summed E-state index contributed by atoms with van der Waals surface area (Å²) >= 11 is 0. The number of aromatic nitrogens is 2. The first-order valence-electron chi connectivity index (χ1n) is 4.00. The number of nitrogens with one attached hydrogen (secondary N) is 1. The number of furan rings is 1. The molecule has 0 aliphatic carbocycles. The number of aromatic amines is 1. The molecule has 0 saturated heterocycles. The molecule has 0 aliphatic rings. The van der Waals surface area contributed by atoms with Crippen molar-refractivity contribution < 1.29 is 4.42 Å². The fourth-order valence-electron chi connectivity index (χ4n) is 0.825. The Balaban J connectivity index is 0.000000336. The molecule has 2 aromatic heterocycles. The van der Waals surface area contributed by atoms with Crippen molar-refractivity contribution in [3.05, 3.63) is 30.7 Å². The van der Waals surface area contributed by atoms with Gasteiger partial charge in [-0.1, -0.05) is 13.8 Å². The Kier molecular flexibility index (Phi) is 3.14. The Morgan fingerprint density at radius 3 is 2.67 bits per heavy atom. The molecule has 1 N–H and O–H groups in total. The molecule has 3 nitrogen and oxygen atoms in total. The zero-order valence-corrected chi connectivity index (χ0v) is 7.24. The summed E-state index contributed by atoms with van der Waals surface area (Å²) in [4.78, 5) is 0. The van der Waals surface area contributed by atoms with E-state index in [0.29, 0.717) is 0 Å². The predicted molar refractivity (Wildman–Crippen MR) is 47.6 cm³/mol. The first-order valence-corrected chi connectivity index (χ1v) is 4.00. The highest BCUT2D eigenvalue weighted by Gasteiger charge is 1.98. The smallest absolute Gasteiger partial charge is 0.151 e. The second-order valence-corrected chi connectivity index (χ2v) is 1.95. The lowest BCUT2D eigenvalue weighted by molar-refractivity contribution is 0.580. The lowest BCUT2D eigenvalue weighted by atomic mass is 10.3. The Morgan fingerprint density at radius 1 is 1.33 bits per heavy atom. The second-order valence-electron chi connectivity index (χ2n) is 1.95. The van der Waals surface area contributed by atoms with Crippen LogP contribution in [0.4, 0.5) is 0 Å². The van der Waals surface area contributed by atoms with E-state index < -0.39 is 0 Å². The summed E-state index contributed by atoms with van der Waals surface area (Å²) in [6.45, 7) is 4.00. The van der Waals surface area contributed by atoms with Crippen LogP contribution in [0.2, 0.25) is 0 Å². The van der Waals surface area contributed by atoms with E-state index in [-0.39, 0.29) is 0 Å². The standard InChI is InChI=1S/C7H6N2O.C2H6/c1-2-7(10-5-1)6-3-4-8-9-6;1-2/h1-5H,(H,8,9);1-2H3. The van der Waals surface area contributed by atoms with Crippen LogP contribution in [0.15, 0.2) is 35.1 Å². The fraction of sp³-hybridized carbons (Fsp3) is 0.222. The van der Waals surface area contributed by atoms with Gasteiger partial charge in [-0.2, -0.15) is 5.10 Å². The molecule has 0 atom stereocenters. The van der Waals surface area contributed by atoms with Crippen LogP contribution in [0.1, 0.15) is 13.8 Å². The largest absolute Gasteiger partial charge is 0.463 e. The molecule has 0 saturated carbocycles. The molecule has 2 aromatic rings. The van der Waals surface area contributed by atoms with Crippen LogP contribution in [0, 0.1) is 0 Å². The first kappa shape index (κ1) is 8.59. The summed E-state index contributed by atoms with van der Waals surface area (Å²) in [7, 11) is 0. The average molecular weight is 164 g/mol. The summed E-state index contributed by atoms with van der Waals surface area (Å²) in [6.07, 6.45) is 3.33. The average Bonchev–Trinajstić information content (AvgIpc) is 2.80. The van der Waals surface area contributed by atoms with Gasteiger partial charge in [0.15, 0.2) is 5.76 Å². The SMILES string of the molecule is CC.c1coc(-c2ccn[nH]2)c1. The molecule has 0 fully saturated rings. The van der Waals surface area contributed by atoms with Crippen molar-refractivity contribution in [3.63, 3.8) is 0 Å². The Hall–Kier alpha value is -1.51. The summed E-state index contributed by atoms with van der Waals surface area (Å²) < 4.78 is 5.11. The highest BCUT2D eigenvalue weighted by molar-refractivity contribution is 5.50. The zero-order valence-electron chi connectivity index (χ0n) is 7.24. The van der Waals surface area contributed by atoms with E-state index in [2.05, 4.69) is 10.2 Å². The van der Waals surface area contributed by atoms with E-state index in [0.717, 1.165) is 11.5 Å². The highest BCUT2D eigenvalue weighted by atomic mass is 16.3. The van der Waals surface area contributed by atoms with Gasteiger partial charge in [0.1, 0.15) is 5.69 Å². The van der Waals surface area contributed by atoms with Gasteiger partial charge in [-0.15, -0.1) is 0 Å². The minimum Gasteiger partial charge on any atom is -0.463 e. The van der Waals surface area contributed by atoms with Crippen LogP contribution >= 0.6 is 0 Å². The van der Waals surface area contributed by atoms with Crippen LogP contribution in [0.3, 0.4) is 0 Å². The predicted octanol–water partition coefficient (Wildman–Crippen LogP) is 2.70. The van der Waals surface area contributed by atoms with Crippen LogP contribution in [0.5, 0.6) is 0 Å². The molecule has 0 radical (unpaired) electrons. The van der Waals surface area contributed by atoms with Crippen molar-refractivity contribution in [2.24, 2.45) is 0 Å². The molecular formula is C9H12N2O. The minimum atomic E-state index is 0.817. The molecule has 2 rings (SSSR count). The zero-order chi connectivity index (χ0) is 8.81. The normalized spacial score (nSPS) is 8.83. The first-order chi connectivity index (χ1) is 5.97. The van der Waals surface area contributed by atoms with Gasteiger partial charge < -0.3 is 4.42 Å². The third kappa shape index (κ3) is 1.75. The molecule has 0 bridgehead atoms. The summed E-state index contributed by atoms with van der Waals surface area (Å²) in [6, 6.07) is 5.59. The third-order valence-electron chi connectivity index (χ3n) is 1.29. The van der Waals surface area contributed by atoms with Crippen molar-refractivity contribution in [1.29, 1.82) is 0 Å². The molecule has 64 valence electrons. The molecule has 0 amide bonds. The van der Waals surface area contributed by atoms with E-state index >= 15 is 0 Å². The van der Waals surface area contributed by atoms with E-state index in [1.807, 2.05) is 32.0 Å². The minimum absolute atomic E-state index is 0.817. The fourth-order valence-corrected chi connectivity index (χ4v) is 0.825. The Labute approximate surface area is 71.4 Å². The summed E-state index contributed by atoms with van der Waals surface area (Å²) in [5.41, 5.74) is 0.907. The van der Waals surface area contributed by atoms with Gasteiger partial charge in [0, 0.05) is 6.20 Å². The van der Waals surface area contributed by atoms with Crippen LogP contribution in [0.25, 0.3) is 11.5 Å². The topological polar surface area (TPSA) is 41.8 Å². The maximum absolute atomic E-state index is 5.11. The molecular weight excluding hydrogens is 152 g/mol. The van der Waals surface area contributed by atoms with Crippen molar-refractivity contribution in [3.8, 4) is 11.5 Å². The number of nitrogens with zero attached hydrogens (tertiary/aromatic N) is 1. The van der Waals surface area contributed by atoms with Crippen molar-refractivity contribution in [2.45, 2.75) is 13.8 Å². The van der Waals surface area contributed by atoms with Crippen LogP contribution < -0.4 is 0 Å². The molecule has 0 aliphatic heterocycles. The molecule has 0 unspecified atom stereocenters. The molecule has 3 heteroatoms. The Morgan fingerprint density at radius 2 is 2.17 bits per heavy atom. The quantitative estimate of drug-likeness (QED) is 0.704. The second kappa shape index (κ2) is 4.38. The molecule has 0 aromatic carbocycles. The van der Waals surface area contributed by atoms with Gasteiger partial charge in [-0.3, -0.25) is 5.10 Å². The van der Waals surface area contributed by atoms with Gasteiger partial charge >= 0.3 is 0 Å².